The van der Waals surface area contributed by atoms with Gasteiger partial charge in [-0.25, -0.2) is 0 Å². The first-order valence-electron chi connectivity index (χ1n) is 4.89. The molecule has 0 aromatic rings. The van der Waals surface area contributed by atoms with Crippen LogP contribution in [-0.4, -0.2) is 16.4 Å². The molecule has 1 heterocycles. The fraction of sp³-hybridized carbons (Fsp3) is 1.00. The van der Waals surface area contributed by atoms with Gasteiger partial charge in [0.05, 0.1) is 0 Å². The third-order valence-corrected chi connectivity index (χ3v) is 3.88. The Morgan fingerprint density at radius 1 is 1.00 bits per heavy atom. The minimum atomic E-state index is -0.652. The third kappa shape index (κ3) is 2.29. The second-order valence-electron chi connectivity index (χ2n) is 3.87. The predicted molar refractivity (Wildman–Crippen MR) is 59.2 cm³/mol. The maximum absolute atomic E-state index is 6.44. The molecule has 82 valence electrons. The Morgan fingerprint density at radius 2 is 1.50 bits per heavy atom. The highest BCUT2D eigenvalue weighted by Gasteiger charge is 2.43. The van der Waals surface area contributed by atoms with Crippen molar-refractivity contribution in [2.24, 2.45) is 5.92 Å². The first-order chi connectivity index (χ1) is 6.60. The van der Waals surface area contributed by atoms with Gasteiger partial charge in [-0.15, -0.1) is 0 Å². The van der Waals surface area contributed by atoms with Crippen molar-refractivity contribution in [3.05, 3.63) is 0 Å². The average Bonchev–Trinajstić information content (AvgIpc) is 2.52. The van der Waals surface area contributed by atoms with Gasteiger partial charge in [-0.3, -0.25) is 16.0 Å². The number of alkyl halides is 3. The number of hydrogen-bond donors (Lipinski definition) is 3. The molecule has 1 aliphatic carbocycles. The van der Waals surface area contributed by atoms with E-state index in [0.717, 1.165) is 12.8 Å². The molecule has 2 fully saturated rings. The van der Waals surface area contributed by atoms with Crippen LogP contribution in [0.4, 0.5) is 0 Å². The van der Waals surface area contributed by atoms with Crippen molar-refractivity contribution < 1.29 is 0 Å². The van der Waals surface area contributed by atoms with Gasteiger partial charge in [0.15, 0.2) is 5.12 Å². The summed E-state index contributed by atoms with van der Waals surface area (Å²) in [5, 5.41) is 8.41. The van der Waals surface area contributed by atoms with Gasteiger partial charge in [-0.1, -0.05) is 47.6 Å². The molecule has 14 heavy (non-hydrogen) atoms. The van der Waals surface area contributed by atoms with E-state index in [1.165, 1.54) is 12.8 Å². The molecule has 6 heteroatoms. The Balaban J connectivity index is 2.05. The van der Waals surface area contributed by atoms with Crippen LogP contribution in [0.2, 0.25) is 0 Å². The molecule has 0 radical (unpaired) electrons. The second kappa shape index (κ2) is 4.32. The van der Waals surface area contributed by atoms with Gasteiger partial charge < -0.3 is 0 Å². The molecular weight excluding hydrogens is 244 g/mol. The molecule has 0 spiro atoms. The van der Waals surface area contributed by atoms with Crippen molar-refractivity contribution in [3.8, 4) is 0 Å². The minimum Gasteiger partial charge on any atom is -0.261 e. The quantitative estimate of drug-likeness (QED) is 0.497. The second-order valence-corrected chi connectivity index (χ2v) is 5.34. The van der Waals surface area contributed by atoms with Crippen LogP contribution in [-0.2, 0) is 0 Å². The number of halogens is 3. The number of rotatable bonds is 1. The van der Waals surface area contributed by atoms with Gasteiger partial charge in [0.25, 0.3) is 0 Å². The first-order valence-corrected chi connectivity index (χ1v) is 6.14. The molecule has 0 aromatic carbocycles. The Labute approximate surface area is 98.8 Å². The van der Waals surface area contributed by atoms with Gasteiger partial charge in [0, 0.05) is 5.92 Å². The van der Waals surface area contributed by atoms with Crippen LogP contribution in [0.3, 0.4) is 0 Å². The van der Waals surface area contributed by atoms with Crippen LogP contribution < -0.4 is 16.0 Å². The normalized spacial score (nSPS) is 45.6. The highest BCUT2D eigenvalue weighted by Crippen LogP contribution is 2.36. The zero-order chi connectivity index (χ0) is 10.2. The summed E-state index contributed by atoms with van der Waals surface area (Å²) in [6.07, 6.45) is 4.71. The molecule has 3 N–H and O–H groups in total. The van der Waals surface area contributed by atoms with E-state index in [-0.39, 0.29) is 11.2 Å². The highest BCUT2D eigenvalue weighted by atomic mass is 35.5. The standard InChI is InChI=1S/C8H14Cl3N3/c9-6-12-7(10)14-8(11,13-6)5-3-1-2-4-5/h5-7,12-14H,1-4H2. The van der Waals surface area contributed by atoms with Crippen LogP contribution in [0.25, 0.3) is 0 Å². The Kier molecular flexibility index (Phi) is 3.47. The summed E-state index contributed by atoms with van der Waals surface area (Å²) in [4.78, 5) is 0. The molecule has 2 atom stereocenters. The lowest BCUT2D eigenvalue weighted by atomic mass is 10.0. The SMILES string of the molecule is ClC1NC(Cl)NC(Cl)(C2CCCC2)N1. The largest absolute Gasteiger partial charge is 0.261 e. The van der Waals surface area contributed by atoms with E-state index in [0.29, 0.717) is 5.92 Å². The van der Waals surface area contributed by atoms with Gasteiger partial charge in [-0.05, 0) is 12.8 Å². The highest BCUT2D eigenvalue weighted by molar-refractivity contribution is 6.27. The lowest BCUT2D eigenvalue weighted by Crippen LogP contribution is -2.71. The summed E-state index contributed by atoms with van der Waals surface area (Å²) < 4.78 is 0. The molecule has 0 amide bonds. The fourth-order valence-corrected chi connectivity index (χ4v) is 3.39. The Morgan fingerprint density at radius 3 is 2.00 bits per heavy atom. The van der Waals surface area contributed by atoms with Crippen LogP contribution in [0.5, 0.6) is 0 Å². The molecule has 1 saturated carbocycles. The maximum atomic E-state index is 6.44. The summed E-state index contributed by atoms with van der Waals surface area (Å²) >= 11 is 18.3. The van der Waals surface area contributed by atoms with Gasteiger partial charge in [-0.2, -0.15) is 0 Å². The third-order valence-electron chi connectivity index (χ3n) is 2.88. The first kappa shape index (κ1) is 11.2. The summed E-state index contributed by atoms with van der Waals surface area (Å²) in [7, 11) is 0. The van der Waals surface area contributed by atoms with Gasteiger partial charge in [0.1, 0.15) is 11.2 Å². The van der Waals surface area contributed by atoms with Crippen molar-refractivity contribution in [1.82, 2.24) is 16.0 Å². The zero-order valence-corrected chi connectivity index (χ0v) is 9.96. The van der Waals surface area contributed by atoms with Crippen molar-refractivity contribution >= 4 is 34.8 Å². The topological polar surface area (TPSA) is 36.1 Å². The predicted octanol–water partition coefficient (Wildman–Crippen LogP) is 1.90. The zero-order valence-electron chi connectivity index (χ0n) is 7.69. The van der Waals surface area contributed by atoms with Gasteiger partial charge >= 0.3 is 0 Å². The van der Waals surface area contributed by atoms with E-state index in [1.807, 2.05) is 0 Å². The van der Waals surface area contributed by atoms with E-state index in [9.17, 15) is 0 Å². The molecule has 1 saturated heterocycles. The van der Waals surface area contributed by atoms with Crippen LogP contribution in [0.1, 0.15) is 25.7 Å². The number of hydrogen-bond acceptors (Lipinski definition) is 3. The Hall–Kier alpha value is 0.750. The summed E-state index contributed by atoms with van der Waals surface area (Å²) in [5.41, 5.74) is -0.756. The molecule has 2 unspecified atom stereocenters. The lowest BCUT2D eigenvalue weighted by Gasteiger charge is -2.43. The van der Waals surface area contributed by atoms with E-state index >= 15 is 0 Å². The summed E-state index contributed by atoms with van der Waals surface area (Å²) in [6, 6.07) is 0. The van der Waals surface area contributed by atoms with E-state index in [1.54, 1.807) is 0 Å². The number of nitrogens with one attached hydrogen (secondary N) is 3. The smallest absolute Gasteiger partial charge is 0.153 e. The minimum absolute atomic E-state index is 0.378. The van der Waals surface area contributed by atoms with Crippen molar-refractivity contribution in [2.45, 2.75) is 42.1 Å². The van der Waals surface area contributed by atoms with Crippen LogP contribution >= 0.6 is 34.8 Å². The maximum Gasteiger partial charge on any atom is 0.153 e. The van der Waals surface area contributed by atoms with Crippen molar-refractivity contribution in [2.75, 3.05) is 0 Å². The monoisotopic (exact) mass is 257 g/mol. The van der Waals surface area contributed by atoms with E-state index in [4.69, 9.17) is 34.8 Å². The van der Waals surface area contributed by atoms with E-state index < -0.39 is 5.12 Å². The molecule has 2 rings (SSSR count). The summed E-state index contributed by atoms with van der Waals surface area (Å²) in [6.45, 7) is 0. The van der Waals surface area contributed by atoms with Crippen molar-refractivity contribution in [1.29, 1.82) is 0 Å². The molecular formula is C8H14Cl3N3. The Bertz CT molecular complexity index is 198. The molecule has 3 nitrogen and oxygen atoms in total. The average molecular weight is 259 g/mol. The van der Waals surface area contributed by atoms with Crippen molar-refractivity contribution in [3.63, 3.8) is 0 Å². The molecule has 0 bridgehead atoms. The van der Waals surface area contributed by atoms with Gasteiger partial charge in [0.2, 0.25) is 0 Å². The summed E-state index contributed by atoms with van der Waals surface area (Å²) in [5.74, 6) is 0.397. The lowest BCUT2D eigenvalue weighted by molar-refractivity contribution is 0.182. The van der Waals surface area contributed by atoms with Crippen LogP contribution in [0.15, 0.2) is 0 Å². The molecule has 0 aromatic heterocycles. The van der Waals surface area contributed by atoms with E-state index in [2.05, 4.69) is 16.0 Å². The van der Waals surface area contributed by atoms with Crippen LogP contribution in [0, 0.1) is 5.92 Å². The molecule has 2 aliphatic rings. The fourth-order valence-electron chi connectivity index (χ4n) is 2.18. The molecule has 1 aliphatic heterocycles.